The maximum atomic E-state index is 13.9. The molecule has 3 unspecified atom stereocenters. The summed E-state index contributed by atoms with van der Waals surface area (Å²) in [6.45, 7) is 5.85. The number of allylic oxidation sites excluding steroid dienone is 6. The Labute approximate surface area is 231 Å². The van der Waals surface area contributed by atoms with Gasteiger partial charge in [-0.3, -0.25) is 9.59 Å². The number of hydrogen-bond acceptors (Lipinski definition) is 2. The lowest BCUT2D eigenvalue weighted by Gasteiger charge is -2.22. The molecule has 0 radical (unpaired) electrons. The molecule has 0 amide bonds. The summed E-state index contributed by atoms with van der Waals surface area (Å²) in [7, 11) is 0. The Morgan fingerprint density at radius 3 is 2.41 bits per heavy atom. The first kappa shape index (κ1) is 26.7. The van der Waals surface area contributed by atoms with Gasteiger partial charge < -0.3 is 0 Å². The van der Waals surface area contributed by atoms with Crippen molar-refractivity contribution in [2.24, 2.45) is 5.92 Å². The topological polar surface area (TPSA) is 34.1 Å². The van der Waals surface area contributed by atoms with Crippen molar-refractivity contribution < 1.29 is 14.0 Å². The highest BCUT2D eigenvalue weighted by Gasteiger charge is 2.36. The van der Waals surface area contributed by atoms with Gasteiger partial charge in [0.1, 0.15) is 5.82 Å². The van der Waals surface area contributed by atoms with Gasteiger partial charge in [-0.05, 0) is 78.6 Å². The van der Waals surface area contributed by atoms with E-state index in [4.69, 9.17) is 0 Å². The van der Waals surface area contributed by atoms with Crippen molar-refractivity contribution in [1.29, 1.82) is 0 Å². The van der Waals surface area contributed by atoms with Crippen molar-refractivity contribution in [1.82, 2.24) is 0 Å². The van der Waals surface area contributed by atoms with Crippen LogP contribution in [-0.4, -0.2) is 11.6 Å². The summed E-state index contributed by atoms with van der Waals surface area (Å²) in [6.07, 6.45) is 11.5. The summed E-state index contributed by atoms with van der Waals surface area (Å²) in [6, 6.07) is 21.1. The van der Waals surface area contributed by atoms with Gasteiger partial charge in [-0.2, -0.15) is 0 Å². The van der Waals surface area contributed by atoms with E-state index in [-0.39, 0.29) is 35.1 Å². The summed E-state index contributed by atoms with van der Waals surface area (Å²) in [4.78, 5) is 25.7. The molecular formula is C36H35FO2. The van der Waals surface area contributed by atoms with Gasteiger partial charge in [0.25, 0.3) is 0 Å². The van der Waals surface area contributed by atoms with Crippen LogP contribution in [0.5, 0.6) is 0 Å². The van der Waals surface area contributed by atoms with Crippen molar-refractivity contribution in [2.75, 3.05) is 0 Å². The molecule has 5 rings (SSSR count). The van der Waals surface area contributed by atoms with Crippen LogP contribution in [0, 0.1) is 11.7 Å². The Morgan fingerprint density at radius 2 is 1.72 bits per heavy atom. The van der Waals surface area contributed by atoms with Gasteiger partial charge in [0.2, 0.25) is 0 Å². The van der Waals surface area contributed by atoms with Crippen LogP contribution in [0.25, 0.3) is 0 Å². The highest BCUT2D eigenvalue weighted by molar-refractivity contribution is 6.10. The van der Waals surface area contributed by atoms with Gasteiger partial charge in [-0.25, -0.2) is 4.39 Å². The Kier molecular flexibility index (Phi) is 7.88. The normalized spacial score (nSPS) is 20.2. The van der Waals surface area contributed by atoms with Crippen LogP contribution in [0.3, 0.4) is 0 Å². The fourth-order valence-electron chi connectivity index (χ4n) is 6.15. The molecule has 0 N–H and O–H groups in total. The van der Waals surface area contributed by atoms with Crippen molar-refractivity contribution in [2.45, 2.75) is 58.3 Å². The van der Waals surface area contributed by atoms with Gasteiger partial charge in [0.05, 0.1) is 0 Å². The number of benzene rings is 3. The second-order valence-corrected chi connectivity index (χ2v) is 10.8. The fraction of sp³-hybridized carbons (Fsp3) is 0.278. The fourth-order valence-corrected chi connectivity index (χ4v) is 6.15. The standard InChI is InChI=1S/C36H35FO2/c1-4-31-27(15-14-25-9-6-11-28(20-25)24(3)38)10-7-13-33(31)34-21-29(26-16-18-30(37)19-17-26)22-35(34)36(39)32-12-5-8-23(32)2/h5-13,16-20,22-23,29,34H,4,14-15,21H2,1-3H3. The molecule has 3 aromatic rings. The lowest BCUT2D eigenvalue weighted by atomic mass is 9.81. The van der Waals surface area contributed by atoms with E-state index in [1.165, 1.54) is 28.8 Å². The largest absolute Gasteiger partial charge is 0.295 e. The van der Waals surface area contributed by atoms with Crippen molar-refractivity contribution >= 4 is 11.6 Å². The smallest absolute Gasteiger partial charge is 0.185 e. The Bertz CT molecular complexity index is 1490. The van der Waals surface area contributed by atoms with Gasteiger partial charge in [0, 0.05) is 34.5 Å². The molecule has 2 aliphatic carbocycles. The van der Waals surface area contributed by atoms with E-state index in [0.717, 1.165) is 53.5 Å². The number of ketones is 2. The predicted octanol–water partition coefficient (Wildman–Crippen LogP) is 8.27. The Morgan fingerprint density at radius 1 is 0.949 bits per heavy atom. The van der Waals surface area contributed by atoms with E-state index >= 15 is 0 Å². The molecule has 39 heavy (non-hydrogen) atoms. The van der Waals surface area contributed by atoms with Gasteiger partial charge in [-0.15, -0.1) is 0 Å². The minimum atomic E-state index is -0.251. The Hall–Kier alpha value is -3.85. The number of carbonyl (C=O) groups excluding carboxylic acids is 2. The van der Waals surface area contributed by atoms with Crippen LogP contribution in [0.2, 0.25) is 0 Å². The van der Waals surface area contributed by atoms with Crippen molar-refractivity contribution in [3.05, 3.63) is 141 Å². The lowest BCUT2D eigenvalue weighted by molar-refractivity contribution is -0.112. The summed E-state index contributed by atoms with van der Waals surface area (Å²) in [5.41, 5.74) is 8.43. The van der Waals surface area contributed by atoms with Crippen LogP contribution < -0.4 is 0 Å². The van der Waals surface area contributed by atoms with Crippen LogP contribution in [0.1, 0.15) is 77.2 Å². The van der Waals surface area contributed by atoms with E-state index < -0.39 is 0 Å². The van der Waals surface area contributed by atoms with Crippen LogP contribution in [0.15, 0.2) is 102 Å². The Balaban J connectivity index is 1.48. The summed E-state index contributed by atoms with van der Waals surface area (Å²) in [5, 5.41) is 0. The predicted molar refractivity (Wildman–Crippen MR) is 156 cm³/mol. The third-order valence-electron chi connectivity index (χ3n) is 8.29. The molecule has 0 spiro atoms. The van der Waals surface area contributed by atoms with E-state index in [1.54, 1.807) is 6.92 Å². The van der Waals surface area contributed by atoms with Crippen molar-refractivity contribution in [3.8, 4) is 0 Å². The third kappa shape index (κ3) is 5.63. The maximum absolute atomic E-state index is 13.9. The average molecular weight is 519 g/mol. The number of hydrogen-bond donors (Lipinski definition) is 0. The molecule has 2 aliphatic rings. The molecule has 0 fully saturated rings. The molecule has 0 aromatic heterocycles. The molecule has 0 aliphatic heterocycles. The zero-order valence-electron chi connectivity index (χ0n) is 22.9. The first-order chi connectivity index (χ1) is 18.9. The molecular weight excluding hydrogens is 483 g/mol. The molecule has 0 saturated carbocycles. The second-order valence-electron chi connectivity index (χ2n) is 10.8. The molecule has 198 valence electrons. The summed E-state index contributed by atoms with van der Waals surface area (Å²) in [5.74, 6) is 0.0947. The number of halogens is 1. The van der Waals surface area contributed by atoms with E-state index in [9.17, 15) is 14.0 Å². The van der Waals surface area contributed by atoms with Gasteiger partial charge >= 0.3 is 0 Å². The zero-order valence-corrected chi connectivity index (χ0v) is 22.9. The molecule has 3 aromatic carbocycles. The molecule has 2 nitrogen and oxygen atoms in total. The summed E-state index contributed by atoms with van der Waals surface area (Å²) < 4.78 is 13.7. The third-order valence-corrected chi connectivity index (χ3v) is 8.29. The number of aryl methyl sites for hydroxylation is 2. The summed E-state index contributed by atoms with van der Waals surface area (Å²) >= 11 is 0. The minimum Gasteiger partial charge on any atom is -0.295 e. The second kappa shape index (κ2) is 11.5. The lowest BCUT2D eigenvalue weighted by Crippen LogP contribution is -2.15. The number of Topliss-reactive ketones (excluding diaryl/α,β-unsaturated/α-hetero) is 2. The molecule has 3 heteroatoms. The van der Waals surface area contributed by atoms with Gasteiger partial charge in [-0.1, -0.05) is 86.7 Å². The van der Waals surface area contributed by atoms with Crippen molar-refractivity contribution in [3.63, 3.8) is 0 Å². The average Bonchev–Trinajstić information content (AvgIpc) is 3.58. The highest BCUT2D eigenvalue weighted by Crippen LogP contribution is 2.46. The number of rotatable bonds is 9. The SMILES string of the molecule is CCc1c(CCc2cccc(C(C)=O)c2)cccc1C1CC(c2ccc(F)cc2)C=C1C(=O)C1=CC=CC1C. The first-order valence-electron chi connectivity index (χ1n) is 14.0. The van der Waals surface area contributed by atoms with E-state index in [0.29, 0.717) is 0 Å². The highest BCUT2D eigenvalue weighted by atomic mass is 19.1. The van der Waals surface area contributed by atoms with Gasteiger partial charge in [0.15, 0.2) is 11.6 Å². The molecule has 0 saturated heterocycles. The molecule has 0 bridgehead atoms. The van der Waals surface area contributed by atoms with Crippen LogP contribution >= 0.6 is 0 Å². The molecule has 3 atom stereocenters. The maximum Gasteiger partial charge on any atom is 0.185 e. The van der Waals surface area contributed by atoms with Crippen LogP contribution in [0.4, 0.5) is 4.39 Å². The number of carbonyl (C=O) groups is 2. The minimum absolute atomic E-state index is 0.0165. The van der Waals surface area contributed by atoms with E-state index in [2.05, 4.69) is 50.3 Å². The molecule has 0 heterocycles. The van der Waals surface area contributed by atoms with E-state index in [1.807, 2.05) is 42.5 Å². The zero-order chi connectivity index (χ0) is 27.5. The monoisotopic (exact) mass is 518 g/mol. The van der Waals surface area contributed by atoms with Crippen LogP contribution in [-0.2, 0) is 24.1 Å². The quantitative estimate of drug-likeness (QED) is 0.267. The first-order valence-corrected chi connectivity index (χ1v) is 14.0.